The van der Waals surface area contributed by atoms with Gasteiger partial charge in [0.15, 0.2) is 5.16 Å². The molecule has 1 N–H and O–H groups in total. The number of hydrogen-bond donors (Lipinski definition) is 1. The summed E-state index contributed by atoms with van der Waals surface area (Å²) in [5.41, 5.74) is -0.217. The van der Waals surface area contributed by atoms with Gasteiger partial charge < -0.3 is 10.1 Å². The van der Waals surface area contributed by atoms with Crippen LogP contribution < -0.4 is 5.32 Å². The summed E-state index contributed by atoms with van der Waals surface area (Å²) in [6, 6.07) is 8.64. The molecule has 8 nitrogen and oxygen atoms in total. The molecular weight excluding hydrogens is 461 g/mol. The predicted octanol–water partition coefficient (Wildman–Crippen LogP) is 4.34. The minimum Gasteiger partial charge on any atom is -0.376 e. The van der Waals surface area contributed by atoms with Crippen molar-refractivity contribution >= 4 is 34.4 Å². The zero-order valence-electron chi connectivity index (χ0n) is 17.2. The maximum absolute atomic E-state index is 13.3. The Morgan fingerprint density at radius 3 is 2.82 bits per heavy atom. The average molecular weight is 480 g/mol. The van der Waals surface area contributed by atoms with E-state index < -0.39 is 16.7 Å². The molecule has 1 amide bonds. The number of benzene rings is 2. The van der Waals surface area contributed by atoms with E-state index in [-0.39, 0.29) is 39.8 Å². The lowest BCUT2D eigenvalue weighted by molar-refractivity contribution is -0.384. The van der Waals surface area contributed by atoms with Crippen LogP contribution in [-0.2, 0) is 15.7 Å². The molecule has 0 radical (unpaired) electrons. The number of nitro benzene ring substituents is 1. The molecule has 174 valence electrons. The van der Waals surface area contributed by atoms with Gasteiger partial charge in [0.05, 0.1) is 33.4 Å². The van der Waals surface area contributed by atoms with Gasteiger partial charge in [-0.25, -0.2) is 4.98 Å². The first-order valence-electron chi connectivity index (χ1n) is 10.1. The van der Waals surface area contributed by atoms with E-state index in [1.165, 1.54) is 34.9 Å². The standard InChI is InChI=1S/C21H19F3N4O4S/c22-21(23,24)13-3-1-4-14(9-13)27-18-7-6-15(28(30)31)10-17(18)26-20(27)33-12-19(29)25-11-16-5-2-8-32-16/h1,3-4,6-7,9-10,16H,2,5,8,11-12H2,(H,25,29). The van der Waals surface area contributed by atoms with Crippen LogP contribution in [0.25, 0.3) is 16.7 Å². The van der Waals surface area contributed by atoms with Crippen LogP contribution in [0.2, 0.25) is 0 Å². The number of rotatable bonds is 7. The van der Waals surface area contributed by atoms with Crippen LogP contribution in [0.1, 0.15) is 18.4 Å². The molecule has 1 aliphatic rings. The van der Waals surface area contributed by atoms with Crippen molar-refractivity contribution in [3.05, 3.63) is 58.1 Å². The number of aromatic nitrogens is 2. The molecule has 2 aromatic carbocycles. The molecule has 1 aliphatic heterocycles. The predicted molar refractivity (Wildman–Crippen MR) is 115 cm³/mol. The fourth-order valence-corrected chi connectivity index (χ4v) is 4.40. The number of hydrogen-bond acceptors (Lipinski definition) is 6. The molecule has 0 aliphatic carbocycles. The van der Waals surface area contributed by atoms with Gasteiger partial charge in [-0.15, -0.1) is 0 Å². The first kappa shape index (κ1) is 23.1. The zero-order chi connectivity index (χ0) is 23.6. The summed E-state index contributed by atoms with van der Waals surface area (Å²) in [7, 11) is 0. The smallest absolute Gasteiger partial charge is 0.376 e. The van der Waals surface area contributed by atoms with Crippen LogP contribution in [0.15, 0.2) is 47.6 Å². The second-order valence-electron chi connectivity index (χ2n) is 7.44. The van der Waals surface area contributed by atoms with E-state index in [9.17, 15) is 28.1 Å². The van der Waals surface area contributed by atoms with Crippen LogP contribution in [0.3, 0.4) is 0 Å². The Labute approximate surface area is 190 Å². The number of halogens is 3. The molecule has 1 fully saturated rings. The van der Waals surface area contributed by atoms with E-state index in [0.29, 0.717) is 18.7 Å². The largest absolute Gasteiger partial charge is 0.416 e. The summed E-state index contributed by atoms with van der Waals surface area (Å²) < 4.78 is 46.7. The van der Waals surface area contributed by atoms with Gasteiger partial charge in [-0.05, 0) is 37.1 Å². The second-order valence-corrected chi connectivity index (χ2v) is 8.38. The lowest BCUT2D eigenvalue weighted by Crippen LogP contribution is -2.32. The lowest BCUT2D eigenvalue weighted by atomic mass is 10.2. The highest BCUT2D eigenvalue weighted by Gasteiger charge is 2.31. The first-order valence-corrected chi connectivity index (χ1v) is 11.1. The summed E-state index contributed by atoms with van der Waals surface area (Å²) in [5.74, 6) is -0.305. The number of fused-ring (bicyclic) bond motifs is 1. The topological polar surface area (TPSA) is 99.3 Å². The molecule has 33 heavy (non-hydrogen) atoms. The Hall–Kier alpha value is -3.12. The quantitative estimate of drug-likeness (QED) is 0.307. The fourth-order valence-electron chi connectivity index (χ4n) is 3.54. The Bertz CT molecular complexity index is 1190. The number of imidazole rings is 1. The van der Waals surface area contributed by atoms with E-state index in [2.05, 4.69) is 10.3 Å². The van der Waals surface area contributed by atoms with E-state index in [1.54, 1.807) is 0 Å². The second kappa shape index (κ2) is 9.40. The number of non-ortho nitro benzene ring substituents is 1. The molecule has 12 heteroatoms. The molecule has 1 unspecified atom stereocenters. The van der Waals surface area contributed by atoms with Crippen molar-refractivity contribution < 1.29 is 27.6 Å². The van der Waals surface area contributed by atoms with Gasteiger partial charge >= 0.3 is 6.18 Å². The minimum atomic E-state index is -4.54. The third-order valence-corrected chi connectivity index (χ3v) is 6.07. The molecule has 1 saturated heterocycles. The molecule has 2 heterocycles. The highest BCUT2D eigenvalue weighted by atomic mass is 32.2. The maximum atomic E-state index is 13.3. The number of ether oxygens (including phenoxy) is 1. The molecule has 4 rings (SSSR count). The number of nitrogens with one attached hydrogen (secondary N) is 1. The van der Waals surface area contributed by atoms with Crippen molar-refractivity contribution in [1.29, 1.82) is 0 Å². The van der Waals surface area contributed by atoms with Crippen molar-refractivity contribution in [3.8, 4) is 5.69 Å². The molecule has 1 atom stereocenters. The fraction of sp³-hybridized carbons (Fsp3) is 0.333. The maximum Gasteiger partial charge on any atom is 0.416 e. The summed E-state index contributed by atoms with van der Waals surface area (Å²) in [6.45, 7) is 1.05. The Balaban J connectivity index is 1.64. The number of nitrogens with zero attached hydrogens (tertiary/aromatic N) is 3. The Kier molecular flexibility index (Phi) is 6.56. The number of nitro groups is 1. The molecule has 0 saturated carbocycles. The monoisotopic (exact) mass is 480 g/mol. The lowest BCUT2D eigenvalue weighted by Gasteiger charge is -2.13. The summed E-state index contributed by atoms with van der Waals surface area (Å²) in [5, 5.41) is 14.2. The minimum absolute atomic E-state index is 0.0193. The summed E-state index contributed by atoms with van der Waals surface area (Å²) >= 11 is 1.03. The van der Waals surface area contributed by atoms with Crippen LogP contribution in [0.5, 0.6) is 0 Å². The van der Waals surface area contributed by atoms with Crippen molar-refractivity contribution in [3.63, 3.8) is 0 Å². The first-order chi connectivity index (χ1) is 15.7. The average Bonchev–Trinajstić information content (AvgIpc) is 3.42. The van der Waals surface area contributed by atoms with Gasteiger partial charge in [0.25, 0.3) is 5.69 Å². The molecule has 0 spiro atoms. The van der Waals surface area contributed by atoms with Crippen molar-refractivity contribution in [1.82, 2.24) is 14.9 Å². The van der Waals surface area contributed by atoms with Gasteiger partial charge in [-0.2, -0.15) is 13.2 Å². The van der Waals surface area contributed by atoms with Crippen LogP contribution in [0, 0.1) is 10.1 Å². The van der Waals surface area contributed by atoms with Gasteiger partial charge in [0.1, 0.15) is 0 Å². The van der Waals surface area contributed by atoms with E-state index in [0.717, 1.165) is 36.7 Å². The van der Waals surface area contributed by atoms with E-state index in [4.69, 9.17) is 4.74 Å². The number of alkyl halides is 3. The van der Waals surface area contributed by atoms with Gasteiger partial charge in [0, 0.05) is 31.0 Å². The van der Waals surface area contributed by atoms with Crippen LogP contribution in [-0.4, -0.2) is 45.4 Å². The van der Waals surface area contributed by atoms with Crippen LogP contribution in [0.4, 0.5) is 18.9 Å². The third-order valence-electron chi connectivity index (χ3n) is 5.13. The van der Waals surface area contributed by atoms with Crippen molar-refractivity contribution in [2.24, 2.45) is 0 Å². The molecule has 1 aromatic heterocycles. The van der Waals surface area contributed by atoms with E-state index in [1.807, 2.05) is 0 Å². The number of amides is 1. The highest BCUT2D eigenvalue weighted by Crippen LogP contribution is 2.34. The summed E-state index contributed by atoms with van der Waals surface area (Å²) in [4.78, 5) is 27.2. The SMILES string of the molecule is O=C(CSc1nc2cc([N+](=O)[O-])ccc2n1-c1cccc(C(F)(F)F)c1)NCC1CCCO1. The Morgan fingerprint density at radius 2 is 2.12 bits per heavy atom. The van der Waals surface area contributed by atoms with Crippen LogP contribution >= 0.6 is 11.8 Å². The third kappa shape index (κ3) is 5.28. The van der Waals surface area contributed by atoms with Crippen molar-refractivity contribution in [2.75, 3.05) is 18.9 Å². The van der Waals surface area contributed by atoms with Crippen molar-refractivity contribution in [2.45, 2.75) is 30.3 Å². The molecule has 0 bridgehead atoms. The number of carbonyl (C=O) groups is 1. The number of thioether (sulfide) groups is 1. The summed E-state index contributed by atoms with van der Waals surface area (Å²) in [6.07, 6.45) is -2.74. The normalized spacial score (nSPS) is 16.3. The number of carbonyl (C=O) groups excluding carboxylic acids is 1. The Morgan fingerprint density at radius 1 is 1.30 bits per heavy atom. The van der Waals surface area contributed by atoms with Gasteiger partial charge in [-0.1, -0.05) is 17.8 Å². The molecular formula is C21H19F3N4O4S. The zero-order valence-corrected chi connectivity index (χ0v) is 18.0. The highest BCUT2D eigenvalue weighted by molar-refractivity contribution is 7.99. The van der Waals surface area contributed by atoms with Gasteiger partial charge in [0.2, 0.25) is 5.91 Å². The van der Waals surface area contributed by atoms with Gasteiger partial charge in [-0.3, -0.25) is 19.5 Å². The van der Waals surface area contributed by atoms with E-state index >= 15 is 0 Å². The molecule has 3 aromatic rings.